The highest BCUT2D eigenvalue weighted by atomic mass is 35.5. The van der Waals surface area contributed by atoms with Crippen molar-refractivity contribution in [1.29, 1.82) is 0 Å². The summed E-state index contributed by atoms with van der Waals surface area (Å²) in [6, 6.07) is 3.44. The van der Waals surface area contributed by atoms with Crippen molar-refractivity contribution in [3.8, 4) is 0 Å². The van der Waals surface area contributed by atoms with Gasteiger partial charge in [-0.25, -0.2) is 9.37 Å². The number of hydrogen-bond acceptors (Lipinski definition) is 2. The van der Waals surface area contributed by atoms with Crippen LogP contribution in [-0.4, -0.2) is 21.1 Å². The number of hydrogen-bond donors (Lipinski definition) is 0. The fraction of sp³-hybridized carbons (Fsp3) is 0.533. The first-order chi connectivity index (χ1) is 10.0. The molecule has 3 rings (SSSR count). The topological polar surface area (TPSA) is 17.8 Å². The monoisotopic (exact) mass is 346 g/mol. The average Bonchev–Trinajstić information content (AvgIpc) is 3.03. The largest absolute Gasteiger partial charge is 0.324 e. The van der Waals surface area contributed by atoms with E-state index in [2.05, 4.69) is 15.8 Å². The molecule has 1 aromatic heterocycles. The van der Waals surface area contributed by atoms with Crippen molar-refractivity contribution in [2.45, 2.75) is 42.9 Å². The summed E-state index contributed by atoms with van der Waals surface area (Å²) in [6.07, 6.45) is 5.54. The van der Waals surface area contributed by atoms with Crippen LogP contribution in [0.2, 0.25) is 5.02 Å². The van der Waals surface area contributed by atoms with Gasteiger partial charge in [0, 0.05) is 17.4 Å². The van der Waals surface area contributed by atoms with Crippen LogP contribution < -0.4 is 0 Å². The second-order valence-electron chi connectivity index (χ2n) is 5.54. The van der Waals surface area contributed by atoms with Gasteiger partial charge in [-0.3, -0.25) is 0 Å². The molecule has 0 bridgehead atoms. The van der Waals surface area contributed by atoms with E-state index in [1.54, 1.807) is 6.07 Å². The third-order valence-corrected chi connectivity index (χ3v) is 5.75. The molecule has 1 fully saturated rings. The Labute approximate surface area is 138 Å². The Hall–Kier alpha value is -0.450. The van der Waals surface area contributed by atoms with Gasteiger partial charge in [0.2, 0.25) is 0 Å². The Morgan fingerprint density at radius 1 is 1.43 bits per heavy atom. The van der Waals surface area contributed by atoms with Gasteiger partial charge in [0.1, 0.15) is 11.6 Å². The second kappa shape index (κ2) is 5.98. The number of thioether (sulfide) groups is 1. The minimum absolute atomic E-state index is 0.136. The summed E-state index contributed by atoms with van der Waals surface area (Å²) in [6.45, 7) is 1.90. The molecule has 2 aromatic rings. The molecule has 114 valence electrons. The Kier molecular flexibility index (Phi) is 4.40. The SMILES string of the molecule is CSC1CCC(n2c(C(C)Cl)nc3cc(F)c(Cl)cc32)C1. The van der Waals surface area contributed by atoms with E-state index in [0.29, 0.717) is 16.8 Å². The van der Waals surface area contributed by atoms with Gasteiger partial charge in [0.05, 0.1) is 21.4 Å². The van der Waals surface area contributed by atoms with Crippen LogP contribution in [0.25, 0.3) is 11.0 Å². The van der Waals surface area contributed by atoms with Crippen LogP contribution in [0.5, 0.6) is 0 Å². The zero-order valence-corrected chi connectivity index (χ0v) is 14.3. The molecular weight excluding hydrogens is 330 g/mol. The third-order valence-electron chi connectivity index (χ3n) is 4.17. The van der Waals surface area contributed by atoms with Gasteiger partial charge in [-0.15, -0.1) is 11.6 Å². The fourth-order valence-electron chi connectivity index (χ4n) is 3.14. The number of nitrogens with zero attached hydrogens (tertiary/aromatic N) is 2. The summed E-state index contributed by atoms with van der Waals surface area (Å²) >= 11 is 14.2. The Morgan fingerprint density at radius 2 is 2.19 bits per heavy atom. The Morgan fingerprint density at radius 3 is 2.81 bits per heavy atom. The van der Waals surface area contributed by atoms with Gasteiger partial charge in [0.15, 0.2) is 0 Å². The molecule has 6 heteroatoms. The predicted molar refractivity (Wildman–Crippen MR) is 89.2 cm³/mol. The van der Waals surface area contributed by atoms with Crippen LogP contribution >= 0.6 is 35.0 Å². The number of aromatic nitrogens is 2. The molecule has 1 saturated carbocycles. The van der Waals surface area contributed by atoms with Crippen molar-refractivity contribution < 1.29 is 4.39 Å². The minimum atomic E-state index is -0.434. The second-order valence-corrected chi connectivity index (χ2v) is 7.74. The maximum atomic E-state index is 13.7. The minimum Gasteiger partial charge on any atom is -0.324 e. The van der Waals surface area contributed by atoms with Crippen LogP contribution in [0.1, 0.15) is 43.4 Å². The normalized spacial score (nSPS) is 23.9. The molecule has 1 aliphatic rings. The maximum absolute atomic E-state index is 13.7. The zero-order valence-electron chi connectivity index (χ0n) is 11.9. The first kappa shape index (κ1) is 15.4. The van der Waals surface area contributed by atoms with Crippen LogP contribution in [0.4, 0.5) is 4.39 Å². The molecule has 0 radical (unpaired) electrons. The van der Waals surface area contributed by atoms with Gasteiger partial charge in [-0.05, 0) is 38.5 Å². The van der Waals surface area contributed by atoms with E-state index >= 15 is 0 Å². The van der Waals surface area contributed by atoms with E-state index in [0.717, 1.165) is 24.2 Å². The molecule has 0 N–H and O–H groups in total. The first-order valence-corrected chi connectivity index (χ1v) is 9.15. The van der Waals surface area contributed by atoms with E-state index in [1.807, 2.05) is 18.7 Å². The van der Waals surface area contributed by atoms with Crippen LogP contribution in [0.3, 0.4) is 0 Å². The molecule has 0 amide bonds. The molecule has 0 saturated heterocycles. The van der Waals surface area contributed by atoms with Gasteiger partial charge >= 0.3 is 0 Å². The lowest BCUT2D eigenvalue weighted by Crippen LogP contribution is -2.10. The van der Waals surface area contributed by atoms with Crippen molar-refractivity contribution in [2.75, 3.05) is 6.26 Å². The van der Waals surface area contributed by atoms with Crippen molar-refractivity contribution in [3.05, 3.63) is 28.8 Å². The number of alkyl halides is 1. The van der Waals surface area contributed by atoms with Gasteiger partial charge in [-0.2, -0.15) is 11.8 Å². The summed E-state index contributed by atoms with van der Waals surface area (Å²) in [5, 5.41) is 0.589. The highest BCUT2D eigenvalue weighted by Gasteiger charge is 2.29. The number of fused-ring (bicyclic) bond motifs is 1. The lowest BCUT2D eigenvalue weighted by atomic mass is 10.2. The standard InChI is InChI=1S/C15H17Cl2FN2S/c1-8(16)15-19-13-7-12(18)11(17)6-14(13)20(15)9-3-4-10(5-9)21-2/h6-10H,3-5H2,1-2H3. The van der Waals surface area contributed by atoms with Crippen LogP contribution in [-0.2, 0) is 0 Å². The quantitative estimate of drug-likeness (QED) is 0.674. The van der Waals surface area contributed by atoms with Crippen molar-refractivity contribution in [1.82, 2.24) is 9.55 Å². The number of rotatable bonds is 3. The first-order valence-electron chi connectivity index (χ1n) is 7.05. The molecule has 3 atom stereocenters. The number of imidazole rings is 1. The Balaban J connectivity index is 2.14. The number of benzene rings is 1. The lowest BCUT2D eigenvalue weighted by molar-refractivity contribution is 0.511. The molecule has 1 aliphatic carbocycles. The molecule has 21 heavy (non-hydrogen) atoms. The van der Waals surface area contributed by atoms with Gasteiger partial charge in [0.25, 0.3) is 0 Å². The highest BCUT2D eigenvalue weighted by Crippen LogP contribution is 2.40. The zero-order chi connectivity index (χ0) is 15.1. The summed E-state index contributed by atoms with van der Waals surface area (Å²) in [7, 11) is 0. The van der Waals surface area contributed by atoms with E-state index in [-0.39, 0.29) is 10.4 Å². The van der Waals surface area contributed by atoms with E-state index in [1.165, 1.54) is 12.5 Å². The van der Waals surface area contributed by atoms with Crippen molar-refractivity contribution in [2.24, 2.45) is 0 Å². The highest BCUT2D eigenvalue weighted by molar-refractivity contribution is 7.99. The average molecular weight is 347 g/mol. The maximum Gasteiger partial charge on any atom is 0.144 e. The molecular formula is C15H17Cl2FN2S. The van der Waals surface area contributed by atoms with E-state index in [4.69, 9.17) is 23.2 Å². The molecule has 3 unspecified atom stereocenters. The fourth-order valence-corrected chi connectivity index (χ4v) is 4.24. The van der Waals surface area contributed by atoms with Gasteiger partial charge < -0.3 is 4.57 Å². The lowest BCUT2D eigenvalue weighted by Gasteiger charge is -2.18. The summed E-state index contributed by atoms with van der Waals surface area (Å²) < 4.78 is 15.8. The van der Waals surface area contributed by atoms with Crippen LogP contribution in [0, 0.1) is 5.82 Å². The molecule has 1 heterocycles. The van der Waals surface area contributed by atoms with E-state index in [9.17, 15) is 4.39 Å². The summed E-state index contributed by atoms with van der Waals surface area (Å²) in [5.74, 6) is 0.371. The predicted octanol–water partition coefficient (Wildman–Crippen LogP) is 5.59. The molecule has 2 nitrogen and oxygen atoms in total. The Bertz CT molecular complexity index is 671. The van der Waals surface area contributed by atoms with Crippen molar-refractivity contribution >= 4 is 46.0 Å². The van der Waals surface area contributed by atoms with E-state index < -0.39 is 5.82 Å². The van der Waals surface area contributed by atoms with Crippen molar-refractivity contribution in [3.63, 3.8) is 0 Å². The molecule has 0 aliphatic heterocycles. The van der Waals surface area contributed by atoms with Gasteiger partial charge in [-0.1, -0.05) is 11.6 Å². The third kappa shape index (κ3) is 2.78. The number of halogens is 3. The molecule has 0 spiro atoms. The summed E-state index contributed by atoms with van der Waals surface area (Å²) in [4.78, 5) is 4.54. The summed E-state index contributed by atoms with van der Waals surface area (Å²) in [5.41, 5.74) is 1.52. The smallest absolute Gasteiger partial charge is 0.144 e. The van der Waals surface area contributed by atoms with Crippen LogP contribution in [0.15, 0.2) is 12.1 Å². The molecule has 1 aromatic carbocycles.